The molecule has 2 aromatic heterocycles. The van der Waals surface area contributed by atoms with Gasteiger partial charge in [0.05, 0.1) is 11.1 Å². The average Bonchev–Trinajstić information content (AvgIpc) is 3.09. The lowest BCUT2D eigenvalue weighted by atomic mass is 10.0. The first-order chi connectivity index (χ1) is 14.2. The van der Waals surface area contributed by atoms with Crippen LogP contribution in [-0.2, 0) is 19.5 Å². The van der Waals surface area contributed by atoms with Crippen molar-refractivity contribution in [1.29, 1.82) is 0 Å². The van der Waals surface area contributed by atoms with E-state index in [0.29, 0.717) is 5.82 Å². The zero-order valence-electron chi connectivity index (χ0n) is 15.5. The summed E-state index contributed by atoms with van der Waals surface area (Å²) in [6, 6.07) is 13.9. The standard InChI is InChI=1S/C22H18F2N4S/c23-15-6-7-18(17(24)10-15)27-21-20-16-8-9-28(11-14-4-2-1-3-5-14)12-19(16)29-22(20)26-13-25-21/h1-7,10,13H,8-9,11-12H2,(H,25,26,27). The van der Waals surface area contributed by atoms with Crippen molar-refractivity contribution in [3.05, 3.63) is 82.5 Å². The molecule has 0 bridgehead atoms. The van der Waals surface area contributed by atoms with Crippen molar-refractivity contribution in [3.63, 3.8) is 0 Å². The van der Waals surface area contributed by atoms with E-state index < -0.39 is 11.6 Å². The van der Waals surface area contributed by atoms with Gasteiger partial charge < -0.3 is 5.32 Å². The molecule has 1 aliphatic rings. The van der Waals surface area contributed by atoms with Gasteiger partial charge in [-0.25, -0.2) is 18.7 Å². The van der Waals surface area contributed by atoms with Crippen molar-refractivity contribution in [2.75, 3.05) is 11.9 Å². The summed E-state index contributed by atoms with van der Waals surface area (Å²) in [7, 11) is 0. The lowest BCUT2D eigenvalue weighted by Gasteiger charge is -2.27. The van der Waals surface area contributed by atoms with Crippen LogP contribution in [0.4, 0.5) is 20.3 Å². The van der Waals surface area contributed by atoms with Crippen LogP contribution in [0, 0.1) is 11.6 Å². The molecule has 7 heteroatoms. The first-order valence-electron chi connectivity index (χ1n) is 9.41. The lowest BCUT2D eigenvalue weighted by molar-refractivity contribution is 0.249. The Labute approximate surface area is 170 Å². The summed E-state index contributed by atoms with van der Waals surface area (Å²) >= 11 is 1.66. The Bertz CT molecular complexity index is 1180. The highest BCUT2D eigenvalue weighted by molar-refractivity contribution is 7.19. The molecule has 3 heterocycles. The van der Waals surface area contributed by atoms with Crippen molar-refractivity contribution in [1.82, 2.24) is 14.9 Å². The van der Waals surface area contributed by atoms with Gasteiger partial charge in [-0.3, -0.25) is 4.90 Å². The van der Waals surface area contributed by atoms with E-state index in [2.05, 4.69) is 44.5 Å². The second kappa shape index (κ2) is 7.50. The Morgan fingerprint density at radius 1 is 1.07 bits per heavy atom. The number of nitrogens with one attached hydrogen (secondary N) is 1. The number of hydrogen-bond acceptors (Lipinski definition) is 5. The fourth-order valence-corrected chi connectivity index (χ4v) is 5.00. The smallest absolute Gasteiger partial charge is 0.149 e. The summed E-state index contributed by atoms with van der Waals surface area (Å²) in [6.07, 6.45) is 2.37. The molecule has 0 fully saturated rings. The maximum absolute atomic E-state index is 14.1. The van der Waals surface area contributed by atoms with Crippen molar-refractivity contribution in [2.24, 2.45) is 0 Å². The third-order valence-electron chi connectivity index (χ3n) is 5.15. The molecule has 5 rings (SSSR count). The summed E-state index contributed by atoms with van der Waals surface area (Å²) in [5, 5.41) is 3.97. The molecule has 2 aromatic carbocycles. The van der Waals surface area contributed by atoms with Crippen molar-refractivity contribution in [3.8, 4) is 0 Å². The maximum Gasteiger partial charge on any atom is 0.149 e. The van der Waals surface area contributed by atoms with Gasteiger partial charge in [0.1, 0.15) is 28.6 Å². The van der Waals surface area contributed by atoms with Gasteiger partial charge in [0.2, 0.25) is 0 Å². The molecule has 0 saturated heterocycles. The first kappa shape index (κ1) is 18.1. The summed E-state index contributed by atoms with van der Waals surface area (Å²) in [5.74, 6) is -0.684. The van der Waals surface area contributed by atoms with Gasteiger partial charge >= 0.3 is 0 Å². The minimum absolute atomic E-state index is 0.202. The van der Waals surface area contributed by atoms with Crippen LogP contribution in [0.15, 0.2) is 54.9 Å². The number of benzene rings is 2. The molecule has 29 heavy (non-hydrogen) atoms. The monoisotopic (exact) mass is 408 g/mol. The summed E-state index contributed by atoms with van der Waals surface area (Å²) in [4.78, 5) is 13.4. The largest absolute Gasteiger partial charge is 0.337 e. The Balaban J connectivity index is 1.45. The minimum Gasteiger partial charge on any atom is -0.337 e. The van der Waals surface area contributed by atoms with Crippen molar-refractivity contribution in [2.45, 2.75) is 19.5 Å². The van der Waals surface area contributed by atoms with Gasteiger partial charge in [-0.1, -0.05) is 30.3 Å². The number of rotatable bonds is 4. The van der Waals surface area contributed by atoms with E-state index in [1.54, 1.807) is 11.3 Å². The molecule has 0 spiro atoms. The van der Waals surface area contributed by atoms with Crippen LogP contribution in [0.25, 0.3) is 10.2 Å². The number of hydrogen-bond donors (Lipinski definition) is 1. The van der Waals surface area contributed by atoms with Crippen LogP contribution >= 0.6 is 11.3 Å². The molecule has 0 aliphatic carbocycles. The topological polar surface area (TPSA) is 41.1 Å². The third kappa shape index (κ3) is 3.59. The second-order valence-electron chi connectivity index (χ2n) is 7.10. The molecule has 1 aliphatic heterocycles. The van der Waals surface area contributed by atoms with E-state index in [0.717, 1.165) is 42.3 Å². The number of aromatic nitrogens is 2. The molecule has 0 amide bonds. The van der Waals surface area contributed by atoms with Crippen LogP contribution in [0.5, 0.6) is 0 Å². The molecule has 0 atom stereocenters. The van der Waals surface area contributed by atoms with Gasteiger partial charge in [0.15, 0.2) is 0 Å². The van der Waals surface area contributed by atoms with E-state index >= 15 is 0 Å². The Kier molecular flexibility index (Phi) is 4.69. The van der Waals surface area contributed by atoms with E-state index in [-0.39, 0.29) is 5.69 Å². The van der Waals surface area contributed by atoms with Gasteiger partial charge in [0.25, 0.3) is 0 Å². The van der Waals surface area contributed by atoms with Gasteiger partial charge in [-0.2, -0.15) is 0 Å². The van der Waals surface area contributed by atoms with Crippen LogP contribution in [0.2, 0.25) is 0 Å². The zero-order chi connectivity index (χ0) is 19.8. The summed E-state index contributed by atoms with van der Waals surface area (Å²) in [6.45, 7) is 2.70. The Morgan fingerprint density at radius 2 is 1.93 bits per heavy atom. The van der Waals surface area contributed by atoms with E-state index in [9.17, 15) is 8.78 Å². The SMILES string of the molecule is Fc1ccc(Nc2ncnc3sc4c(c23)CCN(Cc2ccccc2)C4)c(F)c1. The molecule has 0 unspecified atom stereocenters. The number of thiophene rings is 1. The molecule has 4 nitrogen and oxygen atoms in total. The maximum atomic E-state index is 14.1. The van der Waals surface area contributed by atoms with Crippen LogP contribution in [0.3, 0.4) is 0 Å². The van der Waals surface area contributed by atoms with Gasteiger partial charge in [0, 0.05) is 30.6 Å². The van der Waals surface area contributed by atoms with E-state index in [1.165, 1.54) is 34.5 Å². The molecule has 146 valence electrons. The Morgan fingerprint density at radius 3 is 2.76 bits per heavy atom. The highest BCUT2D eigenvalue weighted by Gasteiger charge is 2.24. The predicted molar refractivity (Wildman–Crippen MR) is 111 cm³/mol. The number of fused-ring (bicyclic) bond motifs is 3. The normalized spacial score (nSPS) is 14.1. The quantitative estimate of drug-likeness (QED) is 0.499. The summed E-state index contributed by atoms with van der Waals surface area (Å²) < 4.78 is 27.3. The fourth-order valence-electron chi connectivity index (χ4n) is 3.77. The van der Waals surface area contributed by atoms with Crippen LogP contribution in [-0.4, -0.2) is 21.4 Å². The third-order valence-corrected chi connectivity index (χ3v) is 6.27. The number of halogens is 2. The highest BCUT2D eigenvalue weighted by atomic mass is 32.1. The molecular formula is C22H18F2N4S. The second-order valence-corrected chi connectivity index (χ2v) is 8.19. The molecular weight excluding hydrogens is 390 g/mol. The Hall–Kier alpha value is -2.90. The van der Waals surface area contributed by atoms with E-state index in [4.69, 9.17) is 0 Å². The number of nitrogens with zero attached hydrogens (tertiary/aromatic N) is 3. The summed E-state index contributed by atoms with van der Waals surface area (Å²) in [5.41, 5.74) is 2.72. The fraction of sp³-hybridized carbons (Fsp3) is 0.182. The van der Waals surface area contributed by atoms with Gasteiger partial charge in [-0.05, 0) is 29.7 Å². The highest BCUT2D eigenvalue weighted by Crippen LogP contribution is 2.38. The molecule has 4 aromatic rings. The van der Waals surface area contributed by atoms with Crippen molar-refractivity contribution >= 4 is 33.1 Å². The average molecular weight is 408 g/mol. The molecule has 0 saturated carbocycles. The lowest BCUT2D eigenvalue weighted by Crippen LogP contribution is -2.29. The molecule has 1 N–H and O–H groups in total. The van der Waals surface area contributed by atoms with Crippen molar-refractivity contribution < 1.29 is 8.78 Å². The predicted octanol–water partition coefficient (Wildman–Crippen LogP) is 5.27. The van der Waals surface area contributed by atoms with Crippen LogP contribution < -0.4 is 5.32 Å². The molecule has 0 radical (unpaired) electrons. The van der Waals surface area contributed by atoms with E-state index in [1.807, 2.05) is 6.07 Å². The zero-order valence-corrected chi connectivity index (χ0v) is 16.3. The number of anilines is 2. The van der Waals surface area contributed by atoms with Gasteiger partial charge in [-0.15, -0.1) is 11.3 Å². The first-order valence-corrected chi connectivity index (χ1v) is 10.2. The minimum atomic E-state index is -0.644. The van der Waals surface area contributed by atoms with Crippen LogP contribution in [0.1, 0.15) is 16.0 Å².